The lowest BCUT2D eigenvalue weighted by atomic mass is 10.1. The molecular formula is C11H18O2. The van der Waals surface area contributed by atoms with E-state index in [0.717, 1.165) is 24.8 Å². The first-order chi connectivity index (χ1) is 6.20. The van der Waals surface area contributed by atoms with Gasteiger partial charge in [-0.05, 0) is 33.1 Å². The predicted molar refractivity (Wildman–Crippen MR) is 52.4 cm³/mol. The lowest BCUT2D eigenvalue weighted by Gasteiger charge is -2.06. The minimum atomic E-state index is 0.170. The van der Waals surface area contributed by atoms with Gasteiger partial charge in [0, 0.05) is 12.0 Å². The van der Waals surface area contributed by atoms with Crippen LogP contribution in [0.1, 0.15) is 46.0 Å². The van der Waals surface area contributed by atoms with Gasteiger partial charge >= 0.3 is 0 Å². The summed E-state index contributed by atoms with van der Waals surface area (Å²) in [5.74, 6) is 0.276. The van der Waals surface area contributed by atoms with Crippen molar-refractivity contribution in [3.05, 3.63) is 11.8 Å². The molecule has 1 aliphatic rings. The van der Waals surface area contributed by atoms with Crippen LogP contribution in [0.4, 0.5) is 0 Å². The van der Waals surface area contributed by atoms with Gasteiger partial charge in [-0.1, -0.05) is 6.42 Å². The molecule has 0 aromatic heterocycles. The molecule has 2 heteroatoms. The number of allylic oxidation sites excluding steroid dienone is 1. The summed E-state index contributed by atoms with van der Waals surface area (Å²) < 4.78 is 5.32. The van der Waals surface area contributed by atoms with Crippen molar-refractivity contribution >= 4 is 5.78 Å². The van der Waals surface area contributed by atoms with Crippen molar-refractivity contribution in [3.8, 4) is 0 Å². The lowest BCUT2D eigenvalue weighted by Crippen LogP contribution is -2.03. The third kappa shape index (κ3) is 3.62. The van der Waals surface area contributed by atoms with Crippen molar-refractivity contribution in [2.75, 3.05) is 0 Å². The number of hydrogen-bond donors (Lipinski definition) is 0. The zero-order valence-electron chi connectivity index (χ0n) is 8.51. The zero-order chi connectivity index (χ0) is 9.68. The van der Waals surface area contributed by atoms with Gasteiger partial charge in [0.1, 0.15) is 0 Å². The van der Waals surface area contributed by atoms with E-state index in [-0.39, 0.29) is 11.9 Å². The van der Waals surface area contributed by atoms with Gasteiger partial charge in [0.05, 0.1) is 12.4 Å². The van der Waals surface area contributed by atoms with Crippen LogP contribution in [0.25, 0.3) is 0 Å². The molecule has 0 spiro atoms. The Morgan fingerprint density at radius 2 is 1.92 bits per heavy atom. The van der Waals surface area contributed by atoms with Crippen LogP contribution in [0, 0.1) is 0 Å². The monoisotopic (exact) mass is 182 g/mol. The van der Waals surface area contributed by atoms with Gasteiger partial charge in [0.15, 0.2) is 5.78 Å². The summed E-state index contributed by atoms with van der Waals surface area (Å²) in [7, 11) is 0. The molecule has 0 heterocycles. The van der Waals surface area contributed by atoms with Gasteiger partial charge in [-0.3, -0.25) is 4.79 Å². The minimum absolute atomic E-state index is 0.170. The van der Waals surface area contributed by atoms with Gasteiger partial charge in [-0.2, -0.15) is 0 Å². The Morgan fingerprint density at radius 1 is 1.23 bits per heavy atom. The van der Waals surface area contributed by atoms with E-state index in [9.17, 15) is 4.79 Å². The van der Waals surface area contributed by atoms with E-state index in [2.05, 4.69) is 0 Å². The van der Waals surface area contributed by atoms with Crippen LogP contribution in [0.3, 0.4) is 0 Å². The number of Topliss-reactive ketones (excluding diaryl/α,β-unsaturated/α-hetero) is 1. The third-order valence-corrected chi connectivity index (χ3v) is 2.19. The zero-order valence-corrected chi connectivity index (χ0v) is 8.51. The molecule has 0 unspecified atom stereocenters. The van der Waals surface area contributed by atoms with Crippen LogP contribution >= 0.6 is 0 Å². The van der Waals surface area contributed by atoms with E-state index in [0.29, 0.717) is 6.42 Å². The topological polar surface area (TPSA) is 26.3 Å². The predicted octanol–water partition coefficient (Wildman–Crippen LogP) is 2.83. The highest BCUT2D eigenvalue weighted by Crippen LogP contribution is 2.19. The first kappa shape index (κ1) is 10.3. The fourth-order valence-electron chi connectivity index (χ4n) is 1.42. The molecule has 0 aromatic rings. The van der Waals surface area contributed by atoms with Gasteiger partial charge < -0.3 is 4.74 Å². The number of carbonyl (C=O) groups is 1. The molecule has 0 bridgehead atoms. The molecule has 0 aromatic carbocycles. The summed E-state index contributed by atoms with van der Waals surface area (Å²) in [6, 6.07) is 0. The van der Waals surface area contributed by atoms with Crippen molar-refractivity contribution in [3.63, 3.8) is 0 Å². The summed E-state index contributed by atoms with van der Waals surface area (Å²) in [5.41, 5.74) is 0.881. The van der Waals surface area contributed by atoms with Gasteiger partial charge in [-0.25, -0.2) is 0 Å². The summed E-state index contributed by atoms with van der Waals surface area (Å²) >= 11 is 0. The fraction of sp³-hybridized carbons (Fsp3) is 0.727. The molecule has 74 valence electrons. The minimum Gasteiger partial charge on any atom is -0.498 e. The molecule has 0 saturated heterocycles. The molecule has 0 amide bonds. The Hall–Kier alpha value is -0.790. The fourth-order valence-corrected chi connectivity index (χ4v) is 1.42. The van der Waals surface area contributed by atoms with Crippen molar-refractivity contribution in [1.29, 1.82) is 0 Å². The molecule has 0 N–H and O–H groups in total. The Morgan fingerprint density at radius 3 is 2.62 bits per heavy atom. The maximum atomic E-state index is 11.5. The maximum absolute atomic E-state index is 11.5. The molecule has 2 nitrogen and oxygen atoms in total. The smallest absolute Gasteiger partial charge is 0.161 e. The van der Waals surface area contributed by atoms with E-state index in [1.807, 2.05) is 13.8 Å². The highest BCUT2D eigenvalue weighted by Gasteiger charge is 2.13. The number of rotatable bonds is 2. The van der Waals surface area contributed by atoms with Crippen LogP contribution in [0.2, 0.25) is 0 Å². The molecule has 0 aliphatic heterocycles. The van der Waals surface area contributed by atoms with Crippen molar-refractivity contribution in [2.24, 2.45) is 0 Å². The maximum Gasteiger partial charge on any atom is 0.161 e. The molecule has 13 heavy (non-hydrogen) atoms. The normalized spacial score (nSPS) is 22.1. The van der Waals surface area contributed by atoms with Gasteiger partial charge in [0.2, 0.25) is 0 Å². The molecule has 1 rings (SSSR count). The number of ketones is 1. The largest absolute Gasteiger partial charge is 0.498 e. The molecule has 1 fully saturated rings. The second-order valence-electron chi connectivity index (χ2n) is 3.81. The average Bonchev–Trinajstić information content (AvgIpc) is 2.27. The number of ether oxygens (including phenoxy) is 1. The Kier molecular flexibility index (Phi) is 4.00. The van der Waals surface area contributed by atoms with Crippen molar-refractivity contribution in [2.45, 2.75) is 52.1 Å². The highest BCUT2D eigenvalue weighted by molar-refractivity contribution is 5.95. The molecular weight excluding hydrogens is 164 g/mol. The summed E-state index contributed by atoms with van der Waals surface area (Å²) in [4.78, 5) is 11.5. The van der Waals surface area contributed by atoms with E-state index >= 15 is 0 Å². The first-order valence-corrected chi connectivity index (χ1v) is 5.08. The van der Waals surface area contributed by atoms with E-state index in [1.54, 1.807) is 6.26 Å². The molecule has 0 atom stereocenters. The van der Waals surface area contributed by atoms with Gasteiger partial charge in [0.25, 0.3) is 0 Å². The molecule has 0 radical (unpaired) electrons. The molecule has 1 aliphatic carbocycles. The van der Waals surface area contributed by atoms with Crippen LogP contribution in [-0.2, 0) is 9.53 Å². The number of hydrogen-bond acceptors (Lipinski definition) is 2. The Bertz CT molecular complexity index is 204. The van der Waals surface area contributed by atoms with Crippen LogP contribution in [-0.4, -0.2) is 11.9 Å². The average molecular weight is 182 g/mol. The number of carbonyl (C=O) groups excluding carboxylic acids is 1. The second kappa shape index (κ2) is 5.05. The summed E-state index contributed by atoms with van der Waals surface area (Å²) in [6.07, 6.45) is 6.77. The second-order valence-corrected chi connectivity index (χ2v) is 3.81. The SMILES string of the molecule is CC(C)OC=C1CCCCCC1=O. The van der Waals surface area contributed by atoms with Gasteiger partial charge in [-0.15, -0.1) is 0 Å². The van der Waals surface area contributed by atoms with Crippen molar-refractivity contribution < 1.29 is 9.53 Å². The Labute approximate surface area is 80.0 Å². The van der Waals surface area contributed by atoms with Crippen molar-refractivity contribution in [1.82, 2.24) is 0 Å². The van der Waals surface area contributed by atoms with E-state index < -0.39 is 0 Å². The lowest BCUT2D eigenvalue weighted by molar-refractivity contribution is -0.115. The Balaban J connectivity index is 2.53. The molecule has 1 saturated carbocycles. The van der Waals surface area contributed by atoms with Crippen LogP contribution in [0.5, 0.6) is 0 Å². The third-order valence-electron chi connectivity index (χ3n) is 2.19. The summed E-state index contributed by atoms with van der Waals surface area (Å²) in [5, 5.41) is 0. The standard InChI is InChI=1S/C11H18O2/c1-9(2)13-8-10-6-4-3-5-7-11(10)12/h8-9H,3-7H2,1-2H3. The van der Waals surface area contributed by atoms with Crippen LogP contribution in [0.15, 0.2) is 11.8 Å². The first-order valence-electron chi connectivity index (χ1n) is 5.08. The highest BCUT2D eigenvalue weighted by atomic mass is 16.5. The quantitative estimate of drug-likeness (QED) is 0.373. The summed E-state index contributed by atoms with van der Waals surface area (Å²) in [6.45, 7) is 3.94. The van der Waals surface area contributed by atoms with Crippen LogP contribution < -0.4 is 0 Å². The van der Waals surface area contributed by atoms with E-state index in [4.69, 9.17) is 4.74 Å². The van der Waals surface area contributed by atoms with E-state index in [1.165, 1.54) is 6.42 Å².